The Hall–Kier alpha value is -1.09. The van der Waals surface area contributed by atoms with Crippen molar-refractivity contribution in [1.29, 1.82) is 0 Å². The molecule has 1 saturated heterocycles. The topological polar surface area (TPSA) is 39.4 Å². The first kappa shape index (κ1) is 8.51. The number of ketones is 1. The molecule has 2 heterocycles. The van der Waals surface area contributed by atoms with E-state index >= 15 is 0 Å². The van der Waals surface area contributed by atoms with E-state index in [1.54, 1.807) is 12.5 Å². The highest BCUT2D eigenvalue weighted by Gasteiger charge is 2.23. The van der Waals surface area contributed by atoms with Crippen LogP contribution in [0.15, 0.2) is 23.0 Å². The summed E-state index contributed by atoms with van der Waals surface area (Å²) in [7, 11) is 0. The van der Waals surface area contributed by atoms with Crippen molar-refractivity contribution in [2.24, 2.45) is 0 Å². The Bertz CT molecular complexity index is 270. The minimum absolute atomic E-state index is 0.166. The van der Waals surface area contributed by atoms with E-state index in [4.69, 9.17) is 9.15 Å². The molecule has 3 heteroatoms. The number of rotatable bonds is 3. The molecule has 1 aliphatic heterocycles. The zero-order valence-corrected chi connectivity index (χ0v) is 7.36. The lowest BCUT2D eigenvalue weighted by atomic mass is 10.1. The molecule has 70 valence electrons. The Morgan fingerprint density at radius 3 is 3.15 bits per heavy atom. The van der Waals surface area contributed by atoms with Gasteiger partial charge in [-0.05, 0) is 24.5 Å². The van der Waals surface area contributed by atoms with Crippen molar-refractivity contribution in [3.8, 4) is 0 Å². The van der Waals surface area contributed by atoms with Crippen molar-refractivity contribution < 1.29 is 13.9 Å². The first-order valence-electron chi connectivity index (χ1n) is 4.51. The summed E-state index contributed by atoms with van der Waals surface area (Å²) < 4.78 is 10.2. The van der Waals surface area contributed by atoms with Crippen LogP contribution >= 0.6 is 0 Å². The van der Waals surface area contributed by atoms with E-state index in [1.165, 1.54) is 0 Å². The van der Waals surface area contributed by atoms with Crippen LogP contribution in [0.3, 0.4) is 0 Å². The largest absolute Gasteiger partial charge is 0.472 e. The second kappa shape index (κ2) is 3.75. The van der Waals surface area contributed by atoms with Gasteiger partial charge in [-0.25, -0.2) is 0 Å². The standard InChI is InChI=1S/C10H12O3/c11-9(10-2-1-4-13-10)6-8-3-5-12-7-8/h3,5,7,10H,1-2,4,6H2. The van der Waals surface area contributed by atoms with E-state index in [0.717, 1.165) is 25.0 Å². The smallest absolute Gasteiger partial charge is 0.166 e. The first-order valence-corrected chi connectivity index (χ1v) is 4.51. The number of carbonyl (C=O) groups is 1. The summed E-state index contributed by atoms with van der Waals surface area (Å²) in [6.45, 7) is 0.724. The normalized spacial score (nSPS) is 22.0. The summed E-state index contributed by atoms with van der Waals surface area (Å²) in [5, 5.41) is 0. The Labute approximate surface area is 76.7 Å². The molecule has 0 spiro atoms. The predicted molar refractivity (Wildman–Crippen MR) is 46.4 cm³/mol. The number of hydrogen-bond donors (Lipinski definition) is 0. The summed E-state index contributed by atoms with van der Waals surface area (Å²) in [6.07, 6.45) is 5.32. The summed E-state index contributed by atoms with van der Waals surface area (Å²) in [5.41, 5.74) is 0.931. The number of Topliss-reactive ketones (excluding diaryl/α,β-unsaturated/α-hetero) is 1. The average Bonchev–Trinajstić information content (AvgIpc) is 2.74. The molecule has 1 aromatic rings. The highest BCUT2D eigenvalue weighted by atomic mass is 16.5. The molecular formula is C10H12O3. The van der Waals surface area contributed by atoms with Crippen LogP contribution in [0.25, 0.3) is 0 Å². The maximum absolute atomic E-state index is 11.5. The summed E-state index contributed by atoms with van der Waals surface area (Å²) in [5.74, 6) is 0.166. The van der Waals surface area contributed by atoms with Crippen LogP contribution < -0.4 is 0 Å². The zero-order valence-electron chi connectivity index (χ0n) is 7.36. The van der Waals surface area contributed by atoms with E-state index in [9.17, 15) is 4.79 Å². The average molecular weight is 180 g/mol. The molecule has 0 saturated carbocycles. The van der Waals surface area contributed by atoms with E-state index in [0.29, 0.717) is 6.42 Å². The maximum atomic E-state index is 11.5. The van der Waals surface area contributed by atoms with Crippen molar-refractivity contribution in [1.82, 2.24) is 0 Å². The molecular weight excluding hydrogens is 168 g/mol. The maximum Gasteiger partial charge on any atom is 0.166 e. The molecule has 1 atom stereocenters. The van der Waals surface area contributed by atoms with Gasteiger partial charge in [-0.3, -0.25) is 4.79 Å². The third-order valence-corrected chi connectivity index (χ3v) is 2.25. The molecule has 0 N–H and O–H groups in total. The SMILES string of the molecule is O=C(Cc1ccoc1)C1CCCO1. The van der Waals surface area contributed by atoms with Gasteiger partial charge in [0.25, 0.3) is 0 Å². The fraction of sp³-hybridized carbons (Fsp3) is 0.500. The lowest BCUT2D eigenvalue weighted by molar-refractivity contribution is -0.127. The molecule has 0 radical (unpaired) electrons. The van der Waals surface area contributed by atoms with Crippen molar-refractivity contribution in [3.63, 3.8) is 0 Å². The number of hydrogen-bond acceptors (Lipinski definition) is 3. The number of carbonyl (C=O) groups excluding carboxylic acids is 1. The van der Waals surface area contributed by atoms with Crippen molar-refractivity contribution >= 4 is 5.78 Å². The molecule has 0 bridgehead atoms. The fourth-order valence-corrected chi connectivity index (χ4v) is 1.54. The van der Waals surface area contributed by atoms with Gasteiger partial charge in [-0.2, -0.15) is 0 Å². The van der Waals surface area contributed by atoms with Crippen LogP contribution in [0.1, 0.15) is 18.4 Å². The zero-order chi connectivity index (χ0) is 9.10. The van der Waals surface area contributed by atoms with Gasteiger partial charge in [0.1, 0.15) is 6.10 Å². The van der Waals surface area contributed by atoms with E-state index in [-0.39, 0.29) is 11.9 Å². The molecule has 1 unspecified atom stereocenters. The molecule has 2 rings (SSSR count). The van der Waals surface area contributed by atoms with Gasteiger partial charge in [0, 0.05) is 13.0 Å². The molecule has 1 aromatic heterocycles. The van der Waals surface area contributed by atoms with Gasteiger partial charge in [0.05, 0.1) is 12.5 Å². The van der Waals surface area contributed by atoms with Gasteiger partial charge >= 0.3 is 0 Å². The highest BCUT2D eigenvalue weighted by molar-refractivity contribution is 5.85. The van der Waals surface area contributed by atoms with Gasteiger partial charge in [-0.15, -0.1) is 0 Å². The van der Waals surface area contributed by atoms with E-state index < -0.39 is 0 Å². The molecule has 0 aliphatic carbocycles. The summed E-state index contributed by atoms with van der Waals surface area (Å²) in [6, 6.07) is 1.81. The van der Waals surface area contributed by atoms with Crippen LogP contribution in [0.4, 0.5) is 0 Å². The van der Waals surface area contributed by atoms with Crippen LogP contribution in [-0.4, -0.2) is 18.5 Å². The fourth-order valence-electron chi connectivity index (χ4n) is 1.54. The third kappa shape index (κ3) is 1.98. The van der Waals surface area contributed by atoms with Gasteiger partial charge in [0.15, 0.2) is 5.78 Å². The molecule has 1 aliphatic rings. The monoisotopic (exact) mass is 180 g/mol. The van der Waals surface area contributed by atoms with E-state index in [1.807, 2.05) is 6.07 Å². The lowest BCUT2D eigenvalue weighted by Gasteiger charge is -2.05. The van der Waals surface area contributed by atoms with Crippen LogP contribution in [-0.2, 0) is 16.0 Å². The minimum Gasteiger partial charge on any atom is -0.472 e. The third-order valence-electron chi connectivity index (χ3n) is 2.25. The predicted octanol–water partition coefficient (Wildman–Crippen LogP) is 1.57. The van der Waals surface area contributed by atoms with Gasteiger partial charge in [0.2, 0.25) is 0 Å². The van der Waals surface area contributed by atoms with E-state index in [2.05, 4.69) is 0 Å². The molecule has 0 amide bonds. The van der Waals surface area contributed by atoms with Crippen molar-refractivity contribution in [3.05, 3.63) is 24.2 Å². The second-order valence-corrected chi connectivity index (χ2v) is 3.28. The van der Waals surface area contributed by atoms with Crippen LogP contribution in [0.2, 0.25) is 0 Å². The Morgan fingerprint density at radius 2 is 2.54 bits per heavy atom. The minimum atomic E-state index is -0.171. The van der Waals surface area contributed by atoms with Gasteiger partial charge in [-0.1, -0.05) is 0 Å². The second-order valence-electron chi connectivity index (χ2n) is 3.28. The summed E-state index contributed by atoms with van der Waals surface area (Å²) >= 11 is 0. The molecule has 3 nitrogen and oxygen atoms in total. The Balaban J connectivity index is 1.91. The van der Waals surface area contributed by atoms with Gasteiger partial charge < -0.3 is 9.15 Å². The lowest BCUT2D eigenvalue weighted by Crippen LogP contribution is -2.20. The Kier molecular flexibility index (Phi) is 2.45. The molecule has 13 heavy (non-hydrogen) atoms. The summed E-state index contributed by atoms with van der Waals surface area (Å²) in [4.78, 5) is 11.5. The van der Waals surface area contributed by atoms with Crippen LogP contribution in [0.5, 0.6) is 0 Å². The van der Waals surface area contributed by atoms with Crippen LogP contribution in [0, 0.1) is 0 Å². The first-order chi connectivity index (χ1) is 6.36. The quantitative estimate of drug-likeness (QED) is 0.708. The van der Waals surface area contributed by atoms with Crippen molar-refractivity contribution in [2.45, 2.75) is 25.4 Å². The number of ether oxygens (including phenoxy) is 1. The van der Waals surface area contributed by atoms with Crippen molar-refractivity contribution in [2.75, 3.05) is 6.61 Å². The highest BCUT2D eigenvalue weighted by Crippen LogP contribution is 2.15. The Morgan fingerprint density at radius 1 is 1.62 bits per heavy atom. The number of furan rings is 1. The molecule has 0 aromatic carbocycles. The molecule has 1 fully saturated rings.